The van der Waals surface area contributed by atoms with Gasteiger partial charge in [-0.05, 0) is 43.2 Å². The molecule has 0 aliphatic heterocycles. The molecule has 0 aliphatic rings. The van der Waals surface area contributed by atoms with Crippen LogP contribution in [0.4, 0.5) is 13.2 Å². The zero-order valence-electron chi connectivity index (χ0n) is 16.4. The molecule has 0 fully saturated rings. The van der Waals surface area contributed by atoms with E-state index in [1.807, 2.05) is 24.4 Å². The number of hydrogen-bond acceptors (Lipinski definition) is 4. The molecule has 30 heavy (non-hydrogen) atoms. The molecule has 0 saturated heterocycles. The molecule has 9 heteroatoms. The normalized spacial score (nSPS) is 12.7. The molecule has 2 aromatic carbocycles. The second-order valence-electron chi connectivity index (χ2n) is 6.67. The van der Waals surface area contributed by atoms with Crippen molar-refractivity contribution in [3.8, 4) is 5.69 Å². The number of rotatable bonds is 6. The van der Waals surface area contributed by atoms with Gasteiger partial charge in [0, 0.05) is 0 Å². The van der Waals surface area contributed by atoms with Crippen LogP contribution in [-0.4, -0.2) is 33.4 Å². The number of nitrogens with zero attached hydrogens (tertiary/aromatic N) is 2. The molecule has 1 atom stereocenters. The number of aromatic nitrogens is 2. The summed E-state index contributed by atoms with van der Waals surface area (Å²) in [5.74, 6) is -0.785. The van der Waals surface area contributed by atoms with Gasteiger partial charge in [-0.2, -0.15) is 13.2 Å². The first kappa shape index (κ1) is 21.9. The van der Waals surface area contributed by atoms with E-state index < -0.39 is 23.9 Å². The molecule has 1 heterocycles. The van der Waals surface area contributed by atoms with Gasteiger partial charge in [0.15, 0.2) is 5.16 Å². The van der Waals surface area contributed by atoms with Crippen molar-refractivity contribution in [1.82, 2.24) is 14.9 Å². The monoisotopic (exact) mass is 435 g/mol. The van der Waals surface area contributed by atoms with Crippen LogP contribution in [0.5, 0.6) is 0 Å². The Hall–Kier alpha value is -2.81. The minimum Gasteiger partial charge on any atom is -0.346 e. The molecule has 5 nitrogen and oxygen atoms in total. The van der Waals surface area contributed by atoms with E-state index in [1.165, 1.54) is 11.5 Å². The van der Waals surface area contributed by atoms with Crippen LogP contribution in [0.3, 0.4) is 0 Å². The molecule has 0 spiro atoms. The van der Waals surface area contributed by atoms with Gasteiger partial charge in [-0.1, -0.05) is 43.0 Å². The number of halogens is 3. The van der Waals surface area contributed by atoms with Crippen LogP contribution in [0.15, 0.2) is 58.5 Å². The Morgan fingerprint density at radius 2 is 1.83 bits per heavy atom. The second kappa shape index (κ2) is 8.91. The molecule has 0 bridgehead atoms. The number of amides is 1. The molecule has 0 saturated carbocycles. The Labute approximate surface area is 175 Å². The Bertz CT molecular complexity index is 1110. The zero-order valence-corrected chi connectivity index (χ0v) is 17.2. The molecule has 1 unspecified atom stereocenters. The molecular weight excluding hydrogens is 415 g/mol. The van der Waals surface area contributed by atoms with E-state index in [2.05, 4.69) is 4.98 Å². The molecule has 1 aromatic heterocycles. The van der Waals surface area contributed by atoms with Crippen LogP contribution in [0.1, 0.15) is 19.4 Å². The third-order valence-corrected chi connectivity index (χ3v) is 5.51. The third kappa shape index (κ3) is 5.02. The van der Waals surface area contributed by atoms with Crippen molar-refractivity contribution >= 4 is 28.6 Å². The highest BCUT2D eigenvalue weighted by atomic mass is 32.2. The second-order valence-corrected chi connectivity index (χ2v) is 7.97. The number of carbonyl (C=O) groups excluding carboxylic acids is 1. The van der Waals surface area contributed by atoms with Gasteiger partial charge in [0.1, 0.15) is 6.54 Å². The van der Waals surface area contributed by atoms with Crippen LogP contribution in [-0.2, 0) is 11.2 Å². The highest BCUT2D eigenvalue weighted by Crippen LogP contribution is 2.25. The summed E-state index contributed by atoms with van der Waals surface area (Å²) in [6.07, 6.45) is -3.66. The number of thioether (sulfide) groups is 1. The summed E-state index contributed by atoms with van der Waals surface area (Å²) in [6, 6.07) is 14.2. The van der Waals surface area contributed by atoms with Crippen molar-refractivity contribution < 1.29 is 18.0 Å². The maximum absolute atomic E-state index is 13.2. The molecule has 3 rings (SSSR count). The van der Waals surface area contributed by atoms with E-state index in [1.54, 1.807) is 36.4 Å². The van der Waals surface area contributed by atoms with Gasteiger partial charge in [-0.3, -0.25) is 14.2 Å². The average Bonchev–Trinajstić information content (AvgIpc) is 2.72. The number of hydrogen-bond donors (Lipinski definition) is 1. The van der Waals surface area contributed by atoms with E-state index in [0.717, 1.165) is 23.7 Å². The van der Waals surface area contributed by atoms with Crippen molar-refractivity contribution in [3.05, 3.63) is 64.4 Å². The highest BCUT2D eigenvalue weighted by molar-refractivity contribution is 8.00. The fraction of sp³-hybridized carbons (Fsp3) is 0.286. The number of para-hydroxylation sites is 1. The lowest BCUT2D eigenvalue weighted by Gasteiger charge is -2.17. The van der Waals surface area contributed by atoms with Crippen LogP contribution >= 0.6 is 11.8 Å². The number of alkyl halides is 3. The third-order valence-electron chi connectivity index (χ3n) is 4.46. The minimum atomic E-state index is -4.50. The lowest BCUT2D eigenvalue weighted by molar-refractivity contribution is -0.137. The fourth-order valence-electron chi connectivity index (χ4n) is 2.84. The molecule has 158 valence electrons. The molecule has 1 N–H and O–H groups in total. The molecular formula is C21H20F3N3O2S. The molecule has 0 aliphatic carbocycles. The van der Waals surface area contributed by atoms with Crippen molar-refractivity contribution in [2.45, 2.75) is 36.9 Å². The Kier molecular flexibility index (Phi) is 6.50. The number of carbonyl (C=O) groups is 1. The summed E-state index contributed by atoms with van der Waals surface area (Å²) in [6.45, 7) is 2.08. The van der Waals surface area contributed by atoms with Gasteiger partial charge in [0.05, 0.1) is 21.8 Å². The van der Waals surface area contributed by atoms with Crippen molar-refractivity contribution in [3.63, 3.8) is 0 Å². The van der Waals surface area contributed by atoms with Crippen LogP contribution in [0.25, 0.3) is 16.6 Å². The van der Waals surface area contributed by atoms with E-state index >= 15 is 0 Å². The van der Waals surface area contributed by atoms with Gasteiger partial charge in [0.25, 0.3) is 5.56 Å². The summed E-state index contributed by atoms with van der Waals surface area (Å²) >= 11 is 0.935. The Morgan fingerprint density at radius 1 is 1.17 bits per heavy atom. The molecule has 0 radical (unpaired) electrons. The molecule has 1 amide bonds. The first-order chi connectivity index (χ1) is 14.2. The van der Waals surface area contributed by atoms with E-state index in [-0.39, 0.29) is 10.7 Å². The van der Waals surface area contributed by atoms with Crippen LogP contribution in [0, 0.1) is 0 Å². The number of aryl methyl sites for hydroxylation is 1. The highest BCUT2D eigenvalue weighted by Gasteiger charge is 2.29. The van der Waals surface area contributed by atoms with E-state index in [9.17, 15) is 22.8 Å². The summed E-state index contributed by atoms with van der Waals surface area (Å²) < 4.78 is 38.6. The number of fused-ring (bicyclic) bond motifs is 1. The summed E-state index contributed by atoms with van der Waals surface area (Å²) in [5, 5.41) is 1.63. The number of benzene rings is 2. The van der Waals surface area contributed by atoms with E-state index in [4.69, 9.17) is 0 Å². The first-order valence-electron chi connectivity index (χ1n) is 9.32. The predicted molar refractivity (Wildman–Crippen MR) is 111 cm³/mol. The van der Waals surface area contributed by atoms with Crippen molar-refractivity contribution in [1.29, 1.82) is 0 Å². The summed E-state index contributed by atoms with van der Waals surface area (Å²) in [4.78, 5) is 29.8. The fourth-order valence-corrected chi connectivity index (χ4v) is 3.79. The predicted octanol–water partition coefficient (Wildman–Crippen LogP) is 4.11. The lowest BCUT2D eigenvalue weighted by atomic mass is 10.1. The SMILES string of the molecule is CCc1ccc(-n2c(SC(C)C(=O)NCC(F)(F)F)nc3ccccc3c2=O)cc1. The maximum Gasteiger partial charge on any atom is 0.405 e. The van der Waals surface area contributed by atoms with Gasteiger partial charge in [-0.25, -0.2) is 4.98 Å². The first-order valence-corrected chi connectivity index (χ1v) is 10.2. The zero-order chi connectivity index (χ0) is 21.9. The minimum absolute atomic E-state index is 0.234. The largest absolute Gasteiger partial charge is 0.405 e. The van der Waals surface area contributed by atoms with Gasteiger partial charge in [-0.15, -0.1) is 0 Å². The van der Waals surface area contributed by atoms with E-state index in [0.29, 0.717) is 16.6 Å². The quantitative estimate of drug-likeness (QED) is 0.468. The summed E-state index contributed by atoms with van der Waals surface area (Å²) in [7, 11) is 0. The maximum atomic E-state index is 13.2. The molecule has 3 aromatic rings. The van der Waals surface area contributed by atoms with Crippen LogP contribution < -0.4 is 10.9 Å². The van der Waals surface area contributed by atoms with Gasteiger partial charge >= 0.3 is 6.18 Å². The standard InChI is InChI=1S/C21H20F3N3O2S/c1-3-14-8-10-15(11-9-14)27-19(29)16-6-4-5-7-17(16)26-20(27)30-13(2)18(28)25-12-21(22,23)24/h4-11,13H,3,12H2,1-2H3,(H,25,28). The smallest absolute Gasteiger partial charge is 0.346 e. The van der Waals surface area contributed by atoms with Gasteiger partial charge < -0.3 is 5.32 Å². The number of nitrogens with one attached hydrogen (secondary N) is 1. The van der Waals surface area contributed by atoms with Crippen molar-refractivity contribution in [2.24, 2.45) is 0 Å². The van der Waals surface area contributed by atoms with Gasteiger partial charge in [0.2, 0.25) is 5.91 Å². The topological polar surface area (TPSA) is 64.0 Å². The lowest BCUT2D eigenvalue weighted by Crippen LogP contribution is -2.38. The Balaban J connectivity index is 2.01. The summed E-state index contributed by atoms with van der Waals surface area (Å²) in [5.41, 5.74) is 1.81. The average molecular weight is 435 g/mol. The van der Waals surface area contributed by atoms with Crippen LogP contribution in [0.2, 0.25) is 0 Å². The Morgan fingerprint density at radius 3 is 2.47 bits per heavy atom. The van der Waals surface area contributed by atoms with Crippen molar-refractivity contribution in [2.75, 3.05) is 6.54 Å².